The maximum atomic E-state index is 13.4. The average molecular weight is 492 g/mol. The Bertz CT molecular complexity index is 999. The number of aromatic nitrogens is 2. The minimum absolute atomic E-state index is 0.0112. The number of nitrogens with one attached hydrogen (secondary N) is 1. The Morgan fingerprint density at radius 3 is 3.00 bits per heavy atom. The Hall–Kier alpha value is -2.25. The van der Waals surface area contributed by atoms with E-state index in [1.807, 2.05) is 0 Å². The van der Waals surface area contributed by atoms with Gasteiger partial charge in [0.15, 0.2) is 0 Å². The molecular formula is C16H19BrFN5O5S. The van der Waals surface area contributed by atoms with Gasteiger partial charge in [0.05, 0.1) is 17.3 Å². The van der Waals surface area contributed by atoms with E-state index >= 15 is 0 Å². The second-order valence-corrected chi connectivity index (χ2v) is 9.40. The number of hydrogen-bond acceptors (Lipinski definition) is 8. The number of piperidine rings is 1. The van der Waals surface area contributed by atoms with Gasteiger partial charge >= 0.3 is 0 Å². The molecule has 2 N–H and O–H groups in total. The zero-order valence-electron chi connectivity index (χ0n) is 15.4. The van der Waals surface area contributed by atoms with Gasteiger partial charge in [-0.25, -0.2) is 21.7 Å². The van der Waals surface area contributed by atoms with Crippen LogP contribution in [0.4, 0.5) is 10.1 Å². The van der Waals surface area contributed by atoms with Gasteiger partial charge in [0, 0.05) is 24.7 Å². The van der Waals surface area contributed by atoms with Crippen molar-refractivity contribution in [1.29, 1.82) is 0 Å². The summed E-state index contributed by atoms with van der Waals surface area (Å²) in [4.78, 5) is 0. The van der Waals surface area contributed by atoms with E-state index in [4.69, 9.17) is 9.37 Å². The van der Waals surface area contributed by atoms with Crippen LogP contribution in [0.1, 0.15) is 18.5 Å². The minimum Gasteiger partial charge on any atom is -0.473 e. The quantitative estimate of drug-likeness (QED) is 0.272. The van der Waals surface area contributed by atoms with E-state index in [2.05, 4.69) is 36.7 Å². The van der Waals surface area contributed by atoms with Crippen LogP contribution in [0.3, 0.4) is 0 Å². The molecule has 13 heteroatoms. The smallest absolute Gasteiger partial charge is 0.287 e. The molecule has 0 spiro atoms. The van der Waals surface area contributed by atoms with Crippen molar-refractivity contribution in [3.05, 3.63) is 34.2 Å². The Balaban J connectivity index is 1.67. The van der Waals surface area contributed by atoms with E-state index in [0.717, 1.165) is 12.8 Å². The minimum atomic E-state index is -3.26. The summed E-state index contributed by atoms with van der Waals surface area (Å²) in [5.74, 6) is -0.594. The van der Waals surface area contributed by atoms with Gasteiger partial charge in [0.25, 0.3) is 5.88 Å². The predicted molar refractivity (Wildman–Crippen MR) is 105 cm³/mol. The van der Waals surface area contributed by atoms with Gasteiger partial charge < -0.3 is 15.3 Å². The van der Waals surface area contributed by atoms with Gasteiger partial charge in [0.2, 0.25) is 21.6 Å². The lowest BCUT2D eigenvalue weighted by atomic mass is 10.0. The Kier molecular flexibility index (Phi) is 6.70. The molecule has 1 atom stereocenters. The molecular weight excluding hydrogens is 473 g/mol. The molecule has 1 aromatic heterocycles. The number of hydrogen-bond donors (Lipinski definition) is 2. The molecule has 1 aromatic carbocycles. The Morgan fingerprint density at radius 2 is 2.31 bits per heavy atom. The third-order valence-corrected chi connectivity index (χ3v) is 6.25. The number of ether oxygens (including phenoxy) is 1. The van der Waals surface area contributed by atoms with Crippen molar-refractivity contribution < 1.29 is 27.4 Å². The highest BCUT2D eigenvalue weighted by Gasteiger charge is 2.27. The van der Waals surface area contributed by atoms with Crippen molar-refractivity contribution in [3.63, 3.8) is 0 Å². The first-order chi connectivity index (χ1) is 13.8. The lowest BCUT2D eigenvalue weighted by Gasteiger charge is -2.30. The van der Waals surface area contributed by atoms with Crippen LogP contribution >= 0.6 is 15.9 Å². The second kappa shape index (κ2) is 9.05. The van der Waals surface area contributed by atoms with Crippen molar-refractivity contribution in [3.8, 4) is 5.88 Å². The standard InChI is InChI=1S/C16H19BrFN5O5S/c1-29(25,26)23-6-2-3-10(8-23)9-27-16-14(21-28-22-16)15(20-24)19-11-4-5-13(18)12(17)7-11/h4-5,7,10,24H,2-3,6,8-9H2,1H3,(H,19,20). The molecule has 0 amide bonds. The summed E-state index contributed by atoms with van der Waals surface area (Å²) in [7, 11) is -3.26. The molecule has 0 aliphatic carbocycles. The normalized spacial score (nSPS) is 18.6. The van der Waals surface area contributed by atoms with Gasteiger partial charge in [0.1, 0.15) is 5.82 Å². The van der Waals surface area contributed by atoms with E-state index in [9.17, 15) is 18.0 Å². The molecule has 1 aliphatic heterocycles. The highest BCUT2D eigenvalue weighted by Crippen LogP contribution is 2.23. The Morgan fingerprint density at radius 1 is 1.52 bits per heavy atom. The number of oxime groups is 1. The van der Waals surface area contributed by atoms with Crippen molar-refractivity contribution in [1.82, 2.24) is 14.6 Å². The van der Waals surface area contributed by atoms with Crippen LogP contribution in [0.2, 0.25) is 0 Å². The first-order valence-electron chi connectivity index (χ1n) is 8.63. The summed E-state index contributed by atoms with van der Waals surface area (Å²) >= 11 is 3.07. The zero-order valence-corrected chi connectivity index (χ0v) is 17.8. The molecule has 10 nitrogen and oxygen atoms in total. The van der Waals surface area contributed by atoms with Gasteiger partial charge in [-0.15, -0.1) is 0 Å². The van der Waals surface area contributed by atoms with Crippen molar-refractivity contribution in [2.45, 2.75) is 12.8 Å². The molecule has 3 rings (SSSR count). The highest BCUT2D eigenvalue weighted by atomic mass is 79.9. The van der Waals surface area contributed by atoms with E-state index < -0.39 is 15.8 Å². The number of amidine groups is 1. The summed E-state index contributed by atoms with van der Waals surface area (Å²) in [6.07, 6.45) is 2.71. The first-order valence-corrected chi connectivity index (χ1v) is 11.3. The summed E-state index contributed by atoms with van der Waals surface area (Å²) < 4.78 is 48.8. The van der Waals surface area contributed by atoms with Gasteiger partial charge in [-0.3, -0.25) is 0 Å². The van der Waals surface area contributed by atoms with Crippen molar-refractivity contribution >= 4 is 37.5 Å². The van der Waals surface area contributed by atoms with Crippen LogP contribution in [0, 0.1) is 11.7 Å². The molecule has 1 fully saturated rings. The second-order valence-electron chi connectivity index (χ2n) is 6.56. The average Bonchev–Trinajstić information content (AvgIpc) is 3.15. The molecule has 1 aliphatic rings. The third-order valence-electron chi connectivity index (χ3n) is 4.37. The number of benzene rings is 1. The lowest BCUT2D eigenvalue weighted by molar-refractivity contribution is 0.169. The van der Waals surface area contributed by atoms with Crippen LogP contribution in [0.25, 0.3) is 0 Å². The lowest BCUT2D eigenvalue weighted by Crippen LogP contribution is -2.41. The number of halogens is 2. The number of anilines is 1. The molecule has 2 heterocycles. The fourth-order valence-corrected chi connectivity index (χ4v) is 4.24. The zero-order chi connectivity index (χ0) is 21.0. The largest absolute Gasteiger partial charge is 0.473 e. The topological polar surface area (TPSA) is 130 Å². The predicted octanol–water partition coefficient (Wildman–Crippen LogP) is 2.27. The third kappa shape index (κ3) is 5.42. The van der Waals surface area contributed by atoms with E-state index in [1.54, 1.807) is 0 Å². The molecule has 1 saturated heterocycles. The Labute approximate surface area is 174 Å². The van der Waals surface area contributed by atoms with E-state index in [0.29, 0.717) is 18.8 Å². The van der Waals surface area contributed by atoms with Crippen LogP contribution in [-0.2, 0) is 10.0 Å². The van der Waals surface area contributed by atoms with Crippen LogP contribution < -0.4 is 10.1 Å². The number of rotatable bonds is 6. The van der Waals surface area contributed by atoms with Crippen molar-refractivity contribution in [2.24, 2.45) is 11.1 Å². The van der Waals surface area contributed by atoms with Gasteiger partial charge in [-0.05, 0) is 57.3 Å². The van der Waals surface area contributed by atoms with Gasteiger partial charge in [-0.2, -0.15) is 0 Å². The van der Waals surface area contributed by atoms with E-state index in [1.165, 1.54) is 28.8 Å². The summed E-state index contributed by atoms with van der Waals surface area (Å²) in [5, 5.41) is 22.6. The van der Waals surface area contributed by atoms with E-state index in [-0.39, 0.29) is 34.4 Å². The monoisotopic (exact) mass is 491 g/mol. The molecule has 158 valence electrons. The maximum absolute atomic E-state index is 13.4. The molecule has 0 saturated carbocycles. The first kappa shape index (κ1) is 21.5. The maximum Gasteiger partial charge on any atom is 0.287 e. The molecule has 2 aromatic rings. The molecule has 0 bridgehead atoms. The van der Waals surface area contributed by atoms with Crippen LogP contribution in [-0.4, -0.2) is 60.0 Å². The highest BCUT2D eigenvalue weighted by molar-refractivity contribution is 9.10. The molecule has 29 heavy (non-hydrogen) atoms. The number of sulfonamides is 1. The molecule has 0 radical (unpaired) electrons. The summed E-state index contributed by atoms with van der Waals surface area (Å²) in [6, 6.07) is 4.13. The summed E-state index contributed by atoms with van der Waals surface area (Å²) in [6.45, 7) is 1.03. The molecule has 1 unspecified atom stereocenters. The number of nitrogens with zero attached hydrogens (tertiary/aromatic N) is 4. The fourth-order valence-electron chi connectivity index (χ4n) is 2.92. The SMILES string of the molecule is CS(=O)(=O)N1CCCC(COc2nonc2/C(=N/O)Nc2ccc(F)c(Br)c2)C1. The van der Waals surface area contributed by atoms with Gasteiger partial charge in [-0.1, -0.05) is 5.16 Å². The van der Waals surface area contributed by atoms with Crippen LogP contribution in [0.5, 0.6) is 5.88 Å². The summed E-state index contributed by atoms with van der Waals surface area (Å²) in [5.41, 5.74) is 0.444. The fraction of sp³-hybridized carbons (Fsp3) is 0.438. The van der Waals surface area contributed by atoms with Crippen LogP contribution in [0.15, 0.2) is 32.5 Å². The van der Waals surface area contributed by atoms with Crippen molar-refractivity contribution in [2.75, 3.05) is 31.3 Å².